The smallest absolute Gasteiger partial charge is 0.394 e. The molecule has 0 saturated carbocycles. The molecule has 3 rings (SSSR count). The standard InChI is InChI=1S/C14H14N2.H2O4S/c1-2-16-13-6-4-3-5-11(13)12-9-10(15)7-8-14(12)16;1-5(2,3)4/h3-9H,2,15H2,1H3;(H2,1,2,3,4). The largest absolute Gasteiger partial charge is 0.399 e. The van der Waals surface area contributed by atoms with Crippen LogP contribution in [0.5, 0.6) is 0 Å². The van der Waals surface area contributed by atoms with E-state index in [0.29, 0.717) is 0 Å². The van der Waals surface area contributed by atoms with E-state index in [1.807, 2.05) is 6.07 Å². The summed E-state index contributed by atoms with van der Waals surface area (Å²) in [5.74, 6) is 0. The first-order valence-electron chi connectivity index (χ1n) is 6.27. The summed E-state index contributed by atoms with van der Waals surface area (Å²) in [6.07, 6.45) is 0. The van der Waals surface area contributed by atoms with E-state index in [1.165, 1.54) is 21.8 Å². The molecule has 112 valence electrons. The zero-order valence-corrected chi connectivity index (χ0v) is 12.2. The van der Waals surface area contributed by atoms with E-state index >= 15 is 0 Å². The Morgan fingerprint density at radius 2 is 1.62 bits per heavy atom. The maximum absolute atomic E-state index is 8.74. The van der Waals surface area contributed by atoms with Gasteiger partial charge in [0, 0.05) is 34.0 Å². The molecule has 21 heavy (non-hydrogen) atoms. The van der Waals surface area contributed by atoms with Crippen molar-refractivity contribution in [2.45, 2.75) is 13.5 Å². The van der Waals surface area contributed by atoms with E-state index in [2.05, 4.69) is 47.9 Å². The lowest BCUT2D eigenvalue weighted by Gasteiger charge is -2.02. The number of para-hydroxylation sites is 1. The normalized spacial score (nSPS) is 11.4. The Morgan fingerprint density at radius 3 is 2.24 bits per heavy atom. The number of aromatic nitrogens is 1. The molecular formula is C14H16N2O4S. The van der Waals surface area contributed by atoms with Gasteiger partial charge in [0.15, 0.2) is 0 Å². The van der Waals surface area contributed by atoms with Crippen molar-refractivity contribution in [3.63, 3.8) is 0 Å². The Balaban J connectivity index is 0.000000282. The van der Waals surface area contributed by atoms with E-state index in [4.69, 9.17) is 23.3 Å². The van der Waals surface area contributed by atoms with Gasteiger partial charge in [-0.1, -0.05) is 18.2 Å². The van der Waals surface area contributed by atoms with Crippen molar-refractivity contribution in [1.29, 1.82) is 0 Å². The number of rotatable bonds is 1. The molecule has 1 aromatic heterocycles. The Kier molecular flexibility index (Phi) is 4.17. The molecule has 4 N–H and O–H groups in total. The van der Waals surface area contributed by atoms with Crippen molar-refractivity contribution in [1.82, 2.24) is 4.57 Å². The molecule has 0 bridgehead atoms. The van der Waals surface area contributed by atoms with E-state index in [1.54, 1.807) is 0 Å². The number of aryl methyl sites for hydroxylation is 1. The van der Waals surface area contributed by atoms with Crippen LogP contribution in [0.3, 0.4) is 0 Å². The summed E-state index contributed by atoms with van der Waals surface area (Å²) in [7, 11) is -4.67. The van der Waals surface area contributed by atoms with E-state index in [0.717, 1.165) is 12.2 Å². The first-order valence-corrected chi connectivity index (χ1v) is 7.67. The first kappa shape index (κ1) is 15.3. The minimum Gasteiger partial charge on any atom is -0.399 e. The first-order chi connectivity index (χ1) is 9.81. The van der Waals surface area contributed by atoms with Crippen LogP contribution in [0.1, 0.15) is 6.92 Å². The van der Waals surface area contributed by atoms with Crippen molar-refractivity contribution in [2.24, 2.45) is 0 Å². The van der Waals surface area contributed by atoms with E-state index in [-0.39, 0.29) is 0 Å². The molecule has 0 saturated heterocycles. The maximum Gasteiger partial charge on any atom is 0.394 e. The predicted molar refractivity (Wildman–Crippen MR) is 83.7 cm³/mol. The van der Waals surface area contributed by atoms with Gasteiger partial charge in [-0.3, -0.25) is 9.11 Å². The molecule has 0 unspecified atom stereocenters. The number of fused-ring (bicyclic) bond motifs is 3. The summed E-state index contributed by atoms with van der Waals surface area (Å²) < 4.78 is 33.9. The fourth-order valence-electron chi connectivity index (χ4n) is 2.41. The highest BCUT2D eigenvalue weighted by Crippen LogP contribution is 2.29. The third-order valence-corrected chi connectivity index (χ3v) is 3.11. The number of anilines is 1. The van der Waals surface area contributed by atoms with Gasteiger partial charge in [0.2, 0.25) is 0 Å². The molecule has 0 fully saturated rings. The average Bonchev–Trinajstić information content (AvgIpc) is 2.70. The summed E-state index contributed by atoms with van der Waals surface area (Å²) in [6, 6.07) is 14.6. The second kappa shape index (κ2) is 5.72. The number of benzene rings is 2. The molecule has 6 nitrogen and oxygen atoms in total. The fraction of sp³-hybridized carbons (Fsp3) is 0.143. The molecule has 2 aromatic carbocycles. The third kappa shape index (κ3) is 3.52. The minimum atomic E-state index is -4.67. The zero-order valence-electron chi connectivity index (χ0n) is 11.4. The Morgan fingerprint density at radius 1 is 1.05 bits per heavy atom. The van der Waals surface area contributed by atoms with Gasteiger partial charge in [-0.15, -0.1) is 0 Å². The highest BCUT2D eigenvalue weighted by Gasteiger charge is 2.08. The highest BCUT2D eigenvalue weighted by molar-refractivity contribution is 7.79. The van der Waals surface area contributed by atoms with Crippen molar-refractivity contribution < 1.29 is 17.5 Å². The van der Waals surface area contributed by atoms with Gasteiger partial charge >= 0.3 is 10.4 Å². The summed E-state index contributed by atoms with van der Waals surface area (Å²) >= 11 is 0. The van der Waals surface area contributed by atoms with Gasteiger partial charge in [0.05, 0.1) is 0 Å². The highest BCUT2D eigenvalue weighted by atomic mass is 32.3. The van der Waals surface area contributed by atoms with Crippen LogP contribution in [0.4, 0.5) is 5.69 Å². The number of nitrogen functional groups attached to an aromatic ring is 1. The average molecular weight is 308 g/mol. The molecule has 0 spiro atoms. The van der Waals surface area contributed by atoms with Crippen LogP contribution in [0, 0.1) is 0 Å². The van der Waals surface area contributed by atoms with Crippen molar-refractivity contribution in [2.75, 3.05) is 5.73 Å². The summed E-state index contributed by atoms with van der Waals surface area (Å²) in [5, 5.41) is 2.53. The molecule has 0 aliphatic rings. The molecule has 0 radical (unpaired) electrons. The Bertz CT molecular complexity index is 877. The van der Waals surface area contributed by atoms with Gasteiger partial charge in [-0.05, 0) is 31.2 Å². The third-order valence-electron chi connectivity index (χ3n) is 3.11. The molecule has 0 atom stereocenters. The van der Waals surface area contributed by atoms with Crippen LogP contribution >= 0.6 is 0 Å². The lowest BCUT2D eigenvalue weighted by molar-refractivity contribution is 0.381. The quantitative estimate of drug-likeness (QED) is 0.473. The van der Waals surface area contributed by atoms with E-state index in [9.17, 15) is 0 Å². The lowest BCUT2D eigenvalue weighted by Crippen LogP contribution is -1.92. The molecule has 0 amide bonds. The van der Waals surface area contributed by atoms with Crippen LogP contribution in [0.25, 0.3) is 21.8 Å². The number of nitrogens with two attached hydrogens (primary N) is 1. The van der Waals surface area contributed by atoms with Crippen LogP contribution in [0.15, 0.2) is 42.5 Å². The van der Waals surface area contributed by atoms with Crippen LogP contribution in [0.2, 0.25) is 0 Å². The molecule has 3 aromatic rings. The van der Waals surface area contributed by atoms with Crippen molar-refractivity contribution in [3.8, 4) is 0 Å². The topological polar surface area (TPSA) is 106 Å². The SMILES string of the molecule is CCn1c2ccccc2c2cc(N)ccc21.O=S(=O)(O)O. The summed E-state index contributed by atoms with van der Waals surface area (Å²) in [5.41, 5.74) is 9.23. The van der Waals surface area contributed by atoms with Crippen LogP contribution < -0.4 is 5.73 Å². The van der Waals surface area contributed by atoms with Crippen LogP contribution in [-0.4, -0.2) is 22.1 Å². The fourth-order valence-corrected chi connectivity index (χ4v) is 2.41. The number of hydrogen-bond donors (Lipinski definition) is 3. The summed E-state index contributed by atoms with van der Waals surface area (Å²) in [6.45, 7) is 3.15. The van der Waals surface area contributed by atoms with E-state index < -0.39 is 10.4 Å². The monoisotopic (exact) mass is 308 g/mol. The van der Waals surface area contributed by atoms with Crippen molar-refractivity contribution >= 4 is 37.9 Å². The molecule has 7 heteroatoms. The number of nitrogens with zero attached hydrogens (tertiary/aromatic N) is 1. The van der Waals surface area contributed by atoms with Gasteiger partial charge in [0.25, 0.3) is 0 Å². The zero-order chi connectivity index (χ0) is 15.6. The molecule has 1 heterocycles. The molecule has 0 aliphatic carbocycles. The predicted octanol–water partition coefficient (Wildman–Crippen LogP) is 2.74. The lowest BCUT2D eigenvalue weighted by atomic mass is 10.1. The van der Waals surface area contributed by atoms with Gasteiger partial charge < -0.3 is 10.3 Å². The minimum absolute atomic E-state index is 0.825. The Hall–Kier alpha value is -2.09. The summed E-state index contributed by atoms with van der Waals surface area (Å²) in [4.78, 5) is 0. The number of hydrogen-bond acceptors (Lipinski definition) is 3. The van der Waals surface area contributed by atoms with Gasteiger partial charge in [0.1, 0.15) is 0 Å². The second-order valence-corrected chi connectivity index (χ2v) is 5.38. The molecule has 0 aliphatic heterocycles. The van der Waals surface area contributed by atoms with Gasteiger partial charge in [-0.25, -0.2) is 0 Å². The van der Waals surface area contributed by atoms with Crippen molar-refractivity contribution in [3.05, 3.63) is 42.5 Å². The second-order valence-electron chi connectivity index (χ2n) is 4.49. The Labute approximate surface area is 122 Å². The van der Waals surface area contributed by atoms with Crippen LogP contribution in [-0.2, 0) is 16.9 Å². The van der Waals surface area contributed by atoms with Gasteiger partial charge in [-0.2, -0.15) is 8.42 Å². The maximum atomic E-state index is 8.74. The molecular weight excluding hydrogens is 292 g/mol.